The SMILES string of the molecule is C=CCCCC(=O)N1C[C@@H]2OC(C)(C)O[C@@H]2[C@H]1C(=O)NCCCCC. The maximum absolute atomic E-state index is 12.8. The number of unbranched alkanes of at least 4 members (excludes halogenated alkanes) is 3. The number of amides is 2. The number of ether oxygens (including phenoxy) is 2. The Morgan fingerprint density at radius 1 is 1.28 bits per heavy atom. The summed E-state index contributed by atoms with van der Waals surface area (Å²) < 4.78 is 11.8. The molecule has 0 aromatic heterocycles. The predicted molar refractivity (Wildman–Crippen MR) is 95.9 cm³/mol. The fourth-order valence-electron chi connectivity index (χ4n) is 3.54. The molecule has 6 heteroatoms. The number of hydrogen-bond acceptors (Lipinski definition) is 4. The van der Waals surface area contributed by atoms with Crippen LogP contribution in [0.5, 0.6) is 0 Å². The summed E-state index contributed by atoms with van der Waals surface area (Å²) in [6, 6.07) is -0.607. The summed E-state index contributed by atoms with van der Waals surface area (Å²) in [5.74, 6) is -0.870. The molecule has 2 saturated heterocycles. The second kappa shape index (κ2) is 8.81. The number of allylic oxidation sites excluding steroid dienone is 1. The Morgan fingerprint density at radius 2 is 2.04 bits per heavy atom. The third-order valence-electron chi connectivity index (χ3n) is 4.71. The minimum Gasteiger partial charge on any atom is -0.354 e. The van der Waals surface area contributed by atoms with Gasteiger partial charge in [-0.3, -0.25) is 9.59 Å². The number of carbonyl (C=O) groups is 2. The molecule has 3 atom stereocenters. The van der Waals surface area contributed by atoms with Gasteiger partial charge >= 0.3 is 0 Å². The maximum Gasteiger partial charge on any atom is 0.245 e. The number of nitrogens with one attached hydrogen (secondary N) is 1. The van der Waals surface area contributed by atoms with Crippen LogP contribution in [0, 0.1) is 0 Å². The molecule has 0 aliphatic carbocycles. The van der Waals surface area contributed by atoms with E-state index < -0.39 is 17.9 Å². The van der Waals surface area contributed by atoms with Gasteiger partial charge in [0.25, 0.3) is 0 Å². The van der Waals surface area contributed by atoms with E-state index in [1.54, 1.807) is 11.0 Å². The number of nitrogens with zero attached hydrogens (tertiary/aromatic N) is 1. The maximum atomic E-state index is 12.8. The molecule has 2 aliphatic heterocycles. The molecule has 2 heterocycles. The molecule has 0 aromatic carbocycles. The van der Waals surface area contributed by atoms with E-state index >= 15 is 0 Å². The summed E-state index contributed by atoms with van der Waals surface area (Å²) in [5.41, 5.74) is 0. The molecule has 0 aromatic rings. The van der Waals surface area contributed by atoms with E-state index in [0.29, 0.717) is 19.5 Å². The summed E-state index contributed by atoms with van der Waals surface area (Å²) in [6.07, 6.45) is 6.23. The first-order valence-corrected chi connectivity index (χ1v) is 9.43. The van der Waals surface area contributed by atoms with E-state index in [0.717, 1.165) is 32.1 Å². The van der Waals surface area contributed by atoms with E-state index in [9.17, 15) is 9.59 Å². The Labute approximate surface area is 150 Å². The monoisotopic (exact) mass is 352 g/mol. The normalized spacial score (nSPS) is 27.2. The first kappa shape index (κ1) is 19.9. The number of fused-ring (bicyclic) bond motifs is 1. The van der Waals surface area contributed by atoms with Gasteiger partial charge in [0.1, 0.15) is 18.2 Å². The Hall–Kier alpha value is -1.40. The van der Waals surface area contributed by atoms with Gasteiger partial charge in [-0.1, -0.05) is 25.8 Å². The van der Waals surface area contributed by atoms with E-state index in [1.807, 2.05) is 13.8 Å². The summed E-state index contributed by atoms with van der Waals surface area (Å²) in [6.45, 7) is 10.5. The van der Waals surface area contributed by atoms with Crippen molar-refractivity contribution in [3.8, 4) is 0 Å². The van der Waals surface area contributed by atoms with Gasteiger partial charge in [0.2, 0.25) is 11.8 Å². The molecule has 0 spiro atoms. The minimum atomic E-state index is -0.714. The lowest BCUT2D eigenvalue weighted by molar-refractivity contribution is -0.170. The highest BCUT2D eigenvalue weighted by Crippen LogP contribution is 2.37. The third-order valence-corrected chi connectivity index (χ3v) is 4.71. The van der Waals surface area contributed by atoms with Crippen molar-refractivity contribution >= 4 is 11.8 Å². The molecule has 2 amide bonds. The van der Waals surface area contributed by atoms with Crippen molar-refractivity contribution in [2.45, 2.75) is 83.3 Å². The van der Waals surface area contributed by atoms with Gasteiger partial charge in [-0.2, -0.15) is 0 Å². The van der Waals surface area contributed by atoms with Crippen LogP contribution in [0.4, 0.5) is 0 Å². The van der Waals surface area contributed by atoms with Crippen molar-refractivity contribution in [1.29, 1.82) is 0 Å². The first-order valence-electron chi connectivity index (χ1n) is 9.43. The topological polar surface area (TPSA) is 67.9 Å². The van der Waals surface area contributed by atoms with E-state index in [-0.39, 0.29) is 17.9 Å². The van der Waals surface area contributed by atoms with Crippen molar-refractivity contribution in [2.24, 2.45) is 0 Å². The van der Waals surface area contributed by atoms with Crippen LogP contribution in [0.2, 0.25) is 0 Å². The lowest BCUT2D eigenvalue weighted by Crippen LogP contribution is -2.51. The molecule has 2 rings (SSSR count). The summed E-state index contributed by atoms with van der Waals surface area (Å²) in [5, 5.41) is 2.97. The summed E-state index contributed by atoms with van der Waals surface area (Å²) >= 11 is 0. The van der Waals surface area contributed by atoms with Gasteiger partial charge in [-0.05, 0) is 33.1 Å². The Morgan fingerprint density at radius 3 is 2.72 bits per heavy atom. The molecular formula is C19H32N2O4. The van der Waals surface area contributed by atoms with Gasteiger partial charge in [0, 0.05) is 13.0 Å². The highest BCUT2D eigenvalue weighted by Gasteiger charge is 2.56. The van der Waals surface area contributed by atoms with E-state index in [1.165, 1.54) is 0 Å². The van der Waals surface area contributed by atoms with E-state index in [2.05, 4.69) is 18.8 Å². The molecule has 25 heavy (non-hydrogen) atoms. The van der Waals surface area contributed by atoms with Crippen molar-refractivity contribution in [3.63, 3.8) is 0 Å². The van der Waals surface area contributed by atoms with Crippen molar-refractivity contribution < 1.29 is 19.1 Å². The molecule has 0 saturated carbocycles. The molecule has 2 aliphatic rings. The van der Waals surface area contributed by atoms with Crippen LogP contribution in [-0.4, -0.2) is 53.8 Å². The van der Waals surface area contributed by atoms with Crippen LogP contribution < -0.4 is 5.32 Å². The highest BCUT2D eigenvalue weighted by molar-refractivity contribution is 5.89. The summed E-state index contributed by atoms with van der Waals surface area (Å²) in [7, 11) is 0. The minimum absolute atomic E-state index is 0.0186. The Kier molecular flexibility index (Phi) is 7.02. The molecule has 1 N–H and O–H groups in total. The zero-order chi connectivity index (χ0) is 18.4. The number of rotatable bonds is 9. The van der Waals surface area contributed by atoms with Gasteiger partial charge in [-0.15, -0.1) is 6.58 Å². The van der Waals surface area contributed by atoms with Crippen LogP contribution in [0.25, 0.3) is 0 Å². The van der Waals surface area contributed by atoms with Crippen molar-refractivity contribution in [1.82, 2.24) is 10.2 Å². The molecule has 0 radical (unpaired) electrons. The zero-order valence-electron chi connectivity index (χ0n) is 15.8. The van der Waals surface area contributed by atoms with Crippen LogP contribution in [0.15, 0.2) is 12.7 Å². The lowest BCUT2D eigenvalue weighted by Gasteiger charge is -2.29. The molecule has 2 fully saturated rings. The van der Waals surface area contributed by atoms with Gasteiger partial charge in [0.05, 0.1) is 6.54 Å². The number of hydrogen-bond donors (Lipinski definition) is 1. The van der Waals surface area contributed by atoms with E-state index in [4.69, 9.17) is 9.47 Å². The fraction of sp³-hybridized carbons (Fsp3) is 0.789. The predicted octanol–water partition coefficient (Wildman–Crippen LogP) is 2.38. The van der Waals surface area contributed by atoms with Crippen LogP contribution in [0.1, 0.15) is 59.3 Å². The van der Waals surface area contributed by atoms with Crippen LogP contribution in [0.3, 0.4) is 0 Å². The molecular weight excluding hydrogens is 320 g/mol. The van der Waals surface area contributed by atoms with Crippen molar-refractivity contribution in [2.75, 3.05) is 13.1 Å². The first-order chi connectivity index (χ1) is 11.9. The highest BCUT2D eigenvalue weighted by atomic mass is 16.8. The van der Waals surface area contributed by atoms with Crippen LogP contribution >= 0.6 is 0 Å². The van der Waals surface area contributed by atoms with Crippen LogP contribution in [-0.2, 0) is 19.1 Å². The second-order valence-corrected chi connectivity index (χ2v) is 7.31. The molecule has 0 bridgehead atoms. The smallest absolute Gasteiger partial charge is 0.245 e. The fourth-order valence-corrected chi connectivity index (χ4v) is 3.54. The van der Waals surface area contributed by atoms with Crippen molar-refractivity contribution in [3.05, 3.63) is 12.7 Å². The average Bonchev–Trinajstić information content (AvgIpc) is 3.03. The number of carbonyl (C=O) groups excluding carboxylic acids is 2. The molecule has 6 nitrogen and oxygen atoms in total. The quantitative estimate of drug-likeness (QED) is 0.511. The lowest BCUT2D eigenvalue weighted by atomic mass is 10.1. The number of likely N-dealkylation sites (tertiary alicyclic amines) is 1. The Bertz CT molecular complexity index is 492. The molecule has 142 valence electrons. The molecule has 0 unspecified atom stereocenters. The van der Waals surface area contributed by atoms with Gasteiger partial charge < -0.3 is 19.7 Å². The zero-order valence-corrected chi connectivity index (χ0v) is 15.8. The Balaban J connectivity index is 2.03. The summed E-state index contributed by atoms with van der Waals surface area (Å²) in [4.78, 5) is 27.0. The van der Waals surface area contributed by atoms with Gasteiger partial charge in [0.15, 0.2) is 5.79 Å². The average molecular weight is 352 g/mol. The largest absolute Gasteiger partial charge is 0.354 e. The standard InChI is InChI=1S/C19H32N2O4/c1-5-7-9-11-15(22)21-13-14-17(25-19(3,4)24-14)16(21)18(23)20-12-10-8-6-2/h5,14,16-17H,1,6-13H2,2-4H3,(H,20,23)/t14-,16-,17-/m0/s1. The third kappa shape index (κ3) is 5.05. The second-order valence-electron chi connectivity index (χ2n) is 7.31. The van der Waals surface area contributed by atoms with Gasteiger partial charge in [-0.25, -0.2) is 0 Å².